The van der Waals surface area contributed by atoms with Crippen LogP contribution < -0.4 is 10.1 Å². The molecule has 1 amide bonds. The molecule has 0 aliphatic heterocycles. The third-order valence-corrected chi connectivity index (χ3v) is 2.87. The van der Waals surface area contributed by atoms with Gasteiger partial charge >= 0.3 is 5.69 Å². The lowest BCUT2D eigenvalue weighted by Crippen LogP contribution is -2.36. The molecule has 1 unspecified atom stereocenters. The lowest BCUT2D eigenvalue weighted by molar-refractivity contribution is -0.386. The van der Waals surface area contributed by atoms with Crippen LogP contribution in [-0.2, 0) is 4.79 Å². The van der Waals surface area contributed by atoms with E-state index >= 15 is 0 Å². The Labute approximate surface area is 122 Å². The van der Waals surface area contributed by atoms with Gasteiger partial charge in [-0.25, -0.2) is 4.39 Å². The largest absolute Gasteiger partial charge is 0.474 e. The maximum Gasteiger partial charge on any atom is 0.311 e. The highest BCUT2D eigenvalue weighted by Crippen LogP contribution is 2.28. The normalized spacial score (nSPS) is 11.8. The second-order valence-electron chi connectivity index (χ2n) is 4.63. The second-order valence-corrected chi connectivity index (χ2v) is 4.63. The van der Waals surface area contributed by atoms with E-state index < -0.39 is 16.8 Å². The van der Waals surface area contributed by atoms with Gasteiger partial charge in [0.15, 0.2) is 6.10 Å². The summed E-state index contributed by atoms with van der Waals surface area (Å²) in [6.07, 6.45) is 1.96. The van der Waals surface area contributed by atoms with Crippen molar-refractivity contribution in [1.82, 2.24) is 5.32 Å². The number of carbonyl (C=O) groups is 1. The highest BCUT2D eigenvalue weighted by Gasteiger charge is 2.21. The zero-order valence-electron chi connectivity index (χ0n) is 12.1. The van der Waals surface area contributed by atoms with Gasteiger partial charge in [-0.05, 0) is 19.4 Å². The van der Waals surface area contributed by atoms with Crippen LogP contribution in [0.5, 0.6) is 5.75 Å². The van der Waals surface area contributed by atoms with Gasteiger partial charge in [0.1, 0.15) is 5.82 Å². The van der Waals surface area contributed by atoms with Crippen molar-refractivity contribution in [3.8, 4) is 5.75 Å². The minimum absolute atomic E-state index is 0.254. The predicted octanol–water partition coefficient (Wildman–Crippen LogP) is 2.81. The molecule has 0 radical (unpaired) electrons. The van der Waals surface area contributed by atoms with Gasteiger partial charge in [0.05, 0.1) is 4.92 Å². The molecule has 0 saturated carbocycles. The van der Waals surface area contributed by atoms with E-state index in [0.29, 0.717) is 6.54 Å². The minimum atomic E-state index is -0.938. The number of rotatable bonds is 8. The van der Waals surface area contributed by atoms with E-state index in [2.05, 4.69) is 12.2 Å². The lowest BCUT2D eigenvalue weighted by Gasteiger charge is -2.14. The van der Waals surface area contributed by atoms with Crippen LogP contribution in [0.1, 0.15) is 33.1 Å². The average molecular weight is 298 g/mol. The molecule has 1 atom stereocenters. The summed E-state index contributed by atoms with van der Waals surface area (Å²) < 4.78 is 18.4. The molecule has 116 valence electrons. The number of amides is 1. The summed E-state index contributed by atoms with van der Waals surface area (Å²) in [5, 5.41) is 13.5. The standard InChI is InChI=1S/C14H19FN2O4/c1-3-4-5-8-16-14(18)10(2)21-13-9-11(15)6-7-12(13)17(19)20/h6-7,9-10H,3-5,8H2,1-2H3,(H,16,18). The van der Waals surface area contributed by atoms with Crippen molar-refractivity contribution >= 4 is 11.6 Å². The molecule has 6 nitrogen and oxygen atoms in total. The summed E-state index contributed by atoms with van der Waals surface area (Å²) in [6.45, 7) is 4.03. The highest BCUT2D eigenvalue weighted by molar-refractivity contribution is 5.80. The van der Waals surface area contributed by atoms with Crippen molar-refractivity contribution in [1.29, 1.82) is 0 Å². The summed E-state index contributed by atoms with van der Waals surface area (Å²) in [4.78, 5) is 21.9. The molecule has 0 bridgehead atoms. The monoisotopic (exact) mass is 298 g/mol. The molecule has 0 spiro atoms. The molecule has 0 aliphatic rings. The molecular weight excluding hydrogens is 279 g/mol. The Kier molecular flexibility index (Phi) is 6.58. The first-order chi connectivity index (χ1) is 9.95. The number of carbonyl (C=O) groups excluding carboxylic acids is 1. The summed E-state index contributed by atoms with van der Waals surface area (Å²) in [6, 6.07) is 2.88. The molecule has 1 rings (SSSR count). The van der Waals surface area contributed by atoms with Gasteiger partial charge < -0.3 is 10.1 Å². The fourth-order valence-electron chi connectivity index (χ4n) is 1.71. The van der Waals surface area contributed by atoms with E-state index in [4.69, 9.17) is 4.74 Å². The van der Waals surface area contributed by atoms with Gasteiger partial charge in [-0.2, -0.15) is 0 Å². The third-order valence-electron chi connectivity index (χ3n) is 2.87. The summed E-state index contributed by atoms with van der Waals surface area (Å²) in [5.74, 6) is -1.30. The highest BCUT2D eigenvalue weighted by atomic mass is 19.1. The van der Waals surface area contributed by atoms with E-state index in [1.54, 1.807) is 0 Å². The Morgan fingerprint density at radius 3 is 2.81 bits per heavy atom. The van der Waals surface area contributed by atoms with Crippen LogP contribution in [0.2, 0.25) is 0 Å². The van der Waals surface area contributed by atoms with Crippen LogP contribution >= 0.6 is 0 Å². The van der Waals surface area contributed by atoms with Gasteiger partial charge in [-0.3, -0.25) is 14.9 Å². The molecule has 1 N–H and O–H groups in total. The Morgan fingerprint density at radius 2 is 2.19 bits per heavy atom. The van der Waals surface area contributed by atoms with Crippen molar-refractivity contribution in [2.24, 2.45) is 0 Å². The number of benzene rings is 1. The van der Waals surface area contributed by atoms with Crippen LogP contribution in [-0.4, -0.2) is 23.5 Å². The molecule has 1 aromatic carbocycles. The summed E-state index contributed by atoms with van der Waals surface area (Å²) >= 11 is 0. The molecule has 0 aromatic heterocycles. The lowest BCUT2D eigenvalue weighted by atomic mass is 10.2. The Bertz CT molecular complexity index is 508. The molecule has 0 saturated heterocycles. The number of nitrogens with zero attached hydrogens (tertiary/aromatic N) is 1. The second kappa shape index (κ2) is 8.18. The molecule has 21 heavy (non-hydrogen) atoms. The van der Waals surface area contributed by atoms with Gasteiger partial charge in [0.2, 0.25) is 5.75 Å². The van der Waals surface area contributed by atoms with Crippen LogP contribution in [0.4, 0.5) is 10.1 Å². The molecule has 0 heterocycles. The zero-order valence-corrected chi connectivity index (χ0v) is 12.1. The van der Waals surface area contributed by atoms with Crippen LogP contribution in [0.25, 0.3) is 0 Å². The number of hydrogen-bond donors (Lipinski definition) is 1. The molecule has 1 aromatic rings. The van der Waals surface area contributed by atoms with Crippen molar-refractivity contribution in [2.45, 2.75) is 39.2 Å². The molecular formula is C14H19FN2O4. The van der Waals surface area contributed by atoms with Crippen LogP contribution in [0.3, 0.4) is 0 Å². The topological polar surface area (TPSA) is 81.5 Å². The van der Waals surface area contributed by atoms with Crippen molar-refractivity contribution in [3.63, 3.8) is 0 Å². The Morgan fingerprint density at radius 1 is 1.48 bits per heavy atom. The first-order valence-electron chi connectivity index (χ1n) is 6.84. The third kappa shape index (κ3) is 5.37. The van der Waals surface area contributed by atoms with E-state index in [9.17, 15) is 19.3 Å². The molecule has 7 heteroatoms. The van der Waals surface area contributed by atoms with E-state index in [-0.39, 0.29) is 17.3 Å². The Hall–Kier alpha value is -2.18. The quantitative estimate of drug-likeness (QED) is 0.454. The van der Waals surface area contributed by atoms with Gasteiger partial charge in [-0.1, -0.05) is 19.8 Å². The van der Waals surface area contributed by atoms with Gasteiger partial charge in [0.25, 0.3) is 5.91 Å². The minimum Gasteiger partial charge on any atom is -0.474 e. The number of nitro groups is 1. The van der Waals surface area contributed by atoms with Crippen LogP contribution in [0, 0.1) is 15.9 Å². The van der Waals surface area contributed by atoms with Crippen molar-refractivity contribution < 1.29 is 18.8 Å². The van der Waals surface area contributed by atoms with E-state index in [0.717, 1.165) is 37.5 Å². The van der Waals surface area contributed by atoms with E-state index in [1.165, 1.54) is 6.92 Å². The van der Waals surface area contributed by atoms with E-state index in [1.807, 2.05) is 0 Å². The van der Waals surface area contributed by atoms with Crippen molar-refractivity contribution in [2.75, 3.05) is 6.54 Å². The SMILES string of the molecule is CCCCCNC(=O)C(C)Oc1cc(F)ccc1[N+](=O)[O-]. The Balaban J connectivity index is 2.65. The maximum absolute atomic E-state index is 13.1. The number of unbranched alkanes of at least 4 members (excludes halogenated alkanes) is 2. The average Bonchev–Trinajstić information content (AvgIpc) is 2.43. The fraction of sp³-hybridized carbons (Fsp3) is 0.500. The van der Waals surface area contributed by atoms with Gasteiger partial charge in [-0.15, -0.1) is 0 Å². The fourth-order valence-corrected chi connectivity index (χ4v) is 1.71. The number of nitro benzene ring substituents is 1. The summed E-state index contributed by atoms with van der Waals surface area (Å²) in [7, 11) is 0. The number of halogens is 1. The van der Waals surface area contributed by atoms with Gasteiger partial charge in [0, 0.05) is 18.7 Å². The predicted molar refractivity (Wildman–Crippen MR) is 75.7 cm³/mol. The molecule has 0 fully saturated rings. The number of ether oxygens (including phenoxy) is 1. The summed E-state index contributed by atoms with van der Waals surface area (Å²) in [5.41, 5.74) is -0.373. The molecule has 0 aliphatic carbocycles. The number of nitrogens with one attached hydrogen (secondary N) is 1. The smallest absolute Gasteiger partial charge is 0.311 e. The first kappa shape index (κ1) is 16.9. The first-order valence-corrected chi connectivity index (χ1v) is 6.84. The maximum atomic E-state index is 13.1. The van der Waals surface area contributed by atoms with Crippen molar-refractivity contribution in [3.05, 3.63) is 34.1 Å². The van der Waals surface area contributed by atoms with Crippen LogP contribution in [0.15, 0.2) is 18.2 Å². The zero-order chi connectivity index (χ0) is 15.8. The number of hydrogen-bond acceptors (Lipinski definition) is 4.